The number of halogens is 2. The smallest absolute Gasteiger partial charge is 0.202 e. The minimum atomic E-state index is -2.87. The predicted molar refractivity (Wildman–Crippen MR) is 40.7 cm³/mol. The minimum absolute atomic E-state index is 0.124. The van der Waals surface area contributed by atoms with Gasteiger partial charge in [-0.2, -0.15) is 5.26 Å². The fourth-order valence-electron chi connectivity index (χ4n) is 0.862. The molecule has 3 heteroatoms. The van der Waals surface area contributed by atoms with E-state index in [-0.39, 0.29) is 11.1 Å². The summed E-state index contributed by atoms with van der Waals surface area (Å²) in [6.45, 7) is 0.809. The van der Waals surface area contributed by atoms with E-state index in [1.54, 1.807) is 6.07 Å². The molecule has 1 aromatic rings. The van der Waals surface area contributed by atoms with Crippen LogP contribution >= 0.6 is 0 Å². The molecule has 62 valence electrons. The first kappa shape index (κ1) is 8.66. The van der Waals surface area contributed by atoms with Crippen LogP contribution in [0.15, 0.2) is 24.3 Å². The first-order chi connectivity index (χ1) is 5.54. The summed E-state index contributed by atoms with van der Waals surface area (Å²) < 4.78 is 25.3. The quantitative estimate of drug-likeness (QED) is 0.630. The molecule has 0 fully saturated rings. The van der Waals surface area contributed by atoms with Crippen LogP contribution in [0.4, 0.5) is 8.78 Å². The zero-order valence-electron chi connectivity index (χ0n) is 6.51. The molecule has 0 spiro atoms. The maximum Gasteiger partial charge on any atom is 0.270 e. The number of rotatable bonds is 1. The third-order valence-corrected chi connectivity index (χ3v) is 1.50. The Morgan fingerprint density at radius 2 is 2.08 bits per heavy atom. The van der Waals surface area contributed by atoms with E-state index in [0.29, 0.717) is 0 Å². The fourth-order valence-corrected chi connectivity index (χ4v) is 0.862. The van der Waals surface area contributed by atoms with Crippen molar-refractivity contribution >= 4 is 0 Å². The lowest BCUT2D eigenvalue weighted by atomic mass is 10.1. The Balaban J connectivity index is 3.13. The average Bonchev–Trinajstić information content (AvgIpc) is 2.03. The third kappa shape index (κ3) is 1.79. The summed E-state index contributed by atoms with van der Waals surface area (Å²) >= 11 is 0. The van der Waals surface area contributed by atoms with Gasteiger partial charge in [-0.15, -0.1) is 0 Å². The highest BCUT2D eigenvalue weighted by atomic mass is 19.3. The van der Waals surface area contributed by atoms with Crippen LogP contribution in [0.2, 0.25) is 0 Å². The van der Waals surface area contributed by atoms with Crippen molar-refractivity contribution < 1.29 is 8.78 Å². The van der Waals surface area contributed by atoms with Crippen LogP contribution in [0.25, 0.3) is 0 Å². The highest BCUT2D eigenvalue weighted by molar-refractivity contribution is 5.34. The van der Waals surface area contributed by atoms with Gasteiger partial charge in [0.25, 0.3) is 5.92 Å². The van der Waals surface area contributed by atoms with E-state index in [2.05, 4.69) is 0 Å². The molecular weight excluding hydrogens is 160 g/mol. The summed E-state index contributed by atoms with van der Waals surface area (Å²) in [5, 5.41) is 8.43. The molecule has 1 aromatic carbocycles. The molecule has 0 radical (unpaired) electrons. The van der Waals surface area contributed by atoms with Crippen LogP contribution in [0.5, 0.6) is 0 Å². The highest BCUT2D eigenvalue weighted by Crippen LogP contribution is 2.26. The molecular formula is C9H7F2N. The zero-order chi connectivity index (χ0) is 9.19. The van der Waals surface area contributed by atoms with Gasteiger partial charge in [0.05, 0.1) is 11.6 Å². The van der Waals surface area contributed by atoms with Crippen molar-refractivity contribution in [1.82, 2.24) is 0 Å². The molecule has 1 rings (SSSR count). The topological polar surface area (TPSA) is 23.8 Å². The van der Waals surface area contributed by atoms with Gasteiger partial charge in [0.2, 0.25) is 0 Å². The predicted octanol–water partition coefficient (Wildman–Crippen LogP) is 2.67. The van der Waals surface area contributed by atoms with Crippen molar-refractivity contribution in [3.8, 4) is 6.07 Å². The molecule has 0 N–H and O–H groups in total. The van der Waals surface area contributed by atoms with Gasteiger partial charge in [-0.05, 0) is 12.1 Å². The number of benzene rings is 1. The largest absolute Gasteiger partial charge is 0.270 e. The lowest BCUT2D eigenvalue weighted by Crippen LogP contribution is -2.06. The molecule has 0 saturated heterocycles. The van der Waals surface area contributed by atoms with Gasteiger partial charge >= 0.3 is 0 Å². The van der Waals surface area contributed by atoms with E-state index in [1.165, 1.54) is 24.3 Å². The van der Waals surface area contributed by atoms with E-state index >= 15 is 0 Å². The van der Waals surface area contributed by atoms with Crippen LogP contribution in [-0.2, 0) is 5.92 Å². The van der Waals surface area contributed by atoms with Crippen molar-refractivity contribution in [2.45, 2.75) is 12.8 Å². The van der Waals surface area contributed by atoms with Crippen LogP contribution in [0, 0.1) is 11.3 Å². The molecule has 0 unspecified atom stereocenters. The Hall–Kier alpha value is -1.43. The molecule has 12 heavy (non-hydrogen) atoms. The Kier molecular flexibility index (Phi) is 2.09. The Bertz CT molecular complexity index is 320. The Morgan fingerprint density at radius 3 is 2.58 bits per heavy atom. The molecule has 0 aliphatic heterocycles. The van der Waals surface area contributed by atoms with Gasteiger partial charge in [-0.25, -0.2) is 8.78 Å². The molecule has 0 aromatic heterocycles. The van der Waals surface area contributed by atoms with E-state index in [9.17, 15) is 8.78 Å². The Labute approximate surface area is 69.2 Å². The van der Waals surface area contributed by atoms with Gasteiger partial charge in [0, 0.05) is 12.5 Å². The van der Waals surface area contributed by atoms with Crippen molar-refractivity contribution in [2.24, 2.45) is 0 Å². The summed E-state index contributed by atoms with van der Waals surface area (Å²) in [6, 6.07) is 7.25. The van der Waals surface area contributed by atoms with Gasteiger partial charge in [0.15, 0.2) is 0 Å². The van der Waals surface area contributed by atoms with Crippen LogP contribution in [0.1, 0.15) is 18.1 Å². The maximum absolute atomic E-state index is 12.7. The molecule has 0 aliphatic carbocycles. The second-order valence-electron chi connectivity index (χ2n) is 2.58. The first-order valence-corrected chi connectivity index (χ1v) is 3.42. The van der Waals surface area contributed by atoms with Crippen LogP contribution in [0.3, 0.4) is 0 Å². The number of hydrogen-bond acceptors (Lipinski definition) is 1. The van der Waals surface area contributed by atoms with Gasteiger partial charge in [-0.1, -0.05) is 12.1 Å². The second-order valence-corrected chi connectivity index (χ2v) is 2.58. The third-order valence-electron chi connectivity index (χ3n) is 1.50. The summed E-state index contributed by atoms with van der Waals surface area (Å²) in [7, 11) is 0. The number of nitrogens with zero attached hydrogens (tertiary/aromatic N) is 1. The second kappa shape index (κ2) is 2.90. The standard InChI is InChI=1S/C9H7F2N/c1-9(10,11)8-4-2-3-7(5-8)6-12/h2-5H,1H3. The molecule has 0 bridgehead atoms. The molecule has 0 saturated carbocycles. The fraction of sp³-hybridized carbons (Fsp3) is 0.222. The van der Waals surface area contributed by atoms with Gasteiger partial charge in [-0.3, -0.25) is 0 Å². The normalized spacial score (nSPS) is 10.8. The number of hydrogen-bond donors (Lipinski definition) is 0. The summed E-state index contributed by atoms with van der Waals surface area (Å²) in [6.07, 6.45) is 0. The lowest BCUT2D eigenvalue weighted by molar-refractivity contribution is 0.0174. The van der Waals surface area contributed by atoms with E-state index in [1.807, 2.05) is 0 Å². The summed E-state index contributed by atoms with van der Waals surface area (Å²) in [5.41, 5.74) is 0.135. The van der Waals surface area contributed by atoms with Crippen molar-refractivity contribution in [2.75, 3.05) is 0 Å². The van der Waals surface area contributed by atoms with Crippen LogP contribution in [-0.4, -0.2) is 0 Å². The zero-order valence-corrected chi connectivity index (χ0v) is 6.51. The monoisotopic (exact) mass is 167 g/mol. The maximum atomic E-state index is 12.7. The van der Waals surface area contributed by atoms with E-state index in [0.717, 1.165) is 6.92 Å². The van der Waals surface area contributed by atoms with Crippen molar-refractivity contribution in [3.63, 3.8) is 0 Å². The van der Waals surface area contributed by atoms with Crippen molar-refractivity contribution in [3.05, 3.63) is 35.4 Å². The molecule has 1 nitrogen and oxygen atoms in total. The van der Waals surface area contributed by atoms with Gasteiger partial charge < -0.3 is 0 Å². The minimum Gasteiger partial charge on any atom is -0.202 e. The number of alkyl halides is 2. The molecule has 0 atom stereocenters. The van der Waals surface area contributed by atoms with Gasteiger partial charge in [0.1, 0.15) is 0 Å². The number of nitriles is 1. The highest BCUT2D eigenvalue weighted by Gasteiger charge is 2.23. The summed E-state index contributed by atoms with van der Waals surface area (Å²) in [5.74, 6) is -2.87. The van der Waals surface area contributed by atoms with E-state index < -0.39 is 5.92 Å². The molecule has 0 heterocycles. The molecule has 0 aliphatic rings. The molecule has 0 amide bonds. The SMILES string of the molecule is CC(F)(F)c1cccc(C#N)c1. The van der Waals surface area contributed by atoms with Crippen molar-refractivity contribution in [1.29, 1.82) is 5.26 Å². The van der Waals surface area contributed by atoms with Crippen LogP contribution < -0.4 is 0 Å². The van der Waals surface area contributed by atoms with E-state index in [4.69, 9.17) is 5.26 Å². The lowest BCUT2D eigenvalue weighted by Gasteiger charge is -2.09. The Morgan fingerprint density at radius 1 is 1.42 bits per heavy atom. The average molecular weight is 167 g/mol. The first-order valence-electron chi connectivity index (χ1n) is 3.42. The summed E-state index contributed by atoms with van der Waals surface area (Å²) in [4.78, 5) is 0.